The smallest absolute Gasteiger partial charge is 0.296 e. The Morgan fingerprint density at radius 3 is 2.49 bits per heavy atom. The second-order valence-electron chi connectivity index (χ2n) is 10.2. The molecular weight excluding hydrogens is 484 g/mol. The number of benzene rings is 3. The van der Waals surface area contributed by atoms with Gasteiger partial charge in [0.25, 0.3) is 11.8 Å². The topological polar surface area (TPSA) is 73.5 Å². The first kappa shape index (κ1) is 26.3. The Morgan fingerprint density at radius 1 is 1.03 bits per heavy atom. The summed E-state index contributed by atoms with van der Waals surface area (Å²) in [5.74, 6) is 5.07. The summed E-state index contributed by atoms with van der Waals surface area (Å²) in [6.45, 7) is 7.25. The van der Waals surface area contributed by atoms with E-state index in [1.54, 1.807) is 0 Å². The zero-order chi connectivity index (χ0) is 27.2. The van der Waals surface area contributed by atoms with Crippen LogP contribution in [0.1, 0.15) is 55.4 Å². The van der Waals surface area contributed by atoms with Gasteiger partial charge in [0.2, 0.25) is 0 Å². The van der Waals surface area contributed by atoms with Crippen LogP contribution in [0.2, 0.25) is 0 Å². The van der Waals surface area contributed by atoms with Crippen molar-refractivity contribution in [1.29, 1.82) is 0 Å². The van der Waals surface area contributed by atoms with E-state index in [4.69, 9.17) is 0 Å². The molecule has 0 unspecified atom stereocenters. The fourth-order valence-corrected chi connectivity index (χ4v) is 4.91. The third-order valence-corrected chi connectivity index (χ3v) is 7.22. The largest absolute Gasteiger partial charge is 0.354 e. The molecule has 39 heavy (non-hydrogen) atoms. The quantitative estimate of drug-likeness (QED) is 0.286. The number of fused-ring (bicyclic) bond motifs is 1. The molecule has 2 aliphatic heterocycles. The Bertz CT molecular complexity index is 1440. The van der Waals surface area contributed by atoms with Gasteiger partial charge in [-0.15, -0.1) is 0 Å². The van der Waals surface area contributed by atoms with Crippen LogP contribution in [0, 0.1) is 11.8 Å². The second-order valence-corrected chi connectivity index (χ2v) is 10.2. The molecule has 2 amide bonds. The van der Waals surface area contributed by atoms with Gasteiger partial charge >= 0.3 is 0 Å². The molecule has 2 aliphatic rings. The lowest BCUT2D eigenvalue weighted by Crippen LogP contribution is -2.30. The number of nitrogens with zero attached hydrogens (tertiary/aromatic N) is 1. The van der Waals surface area contributed by atoms with Crippen molar-refractivity contribution < 1.29 is 9.59 Å². The first-order valence-electron chi connectivity index (χ1n) is 13.7. The number of amides is 2. The Labute approximate surface area is 230 Å². The van der Waals surface area contributed by atoms with Gasteiger partial charge in [-0.05, 0) is 74.7 Å². The fraction of sp³-hybridized carbons (Fsp3) is 0.273. The van der Waals surface area contributed by atoms with Crippen LogP contribution in [-0.4, -0.2) is 35.8 Å². The lowest BCUT2D eigenvalue weighted by Gasteiger charge is -2.17. The zero-order valence-corrected chi connectivity index (χ0v) is 22.5. The normalized spacial score (nSPS) is 16.5. The summed E-state index contributed by atoms with van der Waals surface area (Å²) in [5.41, 5.74) is 6.58. The van der Waals surface area contributed by atoms with Gasteiger partial charge in [-0.25, -0.2) is 0 Å². The molecule has 0 spiro atoms. The average molecular weight is 519 g/mol. The first-order chi connectivity index (χ1) is 19.0. The summed E-state index contributed by atoms with van der Waals surface area (Å²) in [7, 11) is 0. The van der Waals surface area contributed by atoms with Crippen molar-refractivity contribution in [3.8, 4) is 11.8 Å². The molecule has 6 nitrogen and oxygen atoms in total. The van der Waals surface area contributed by atoms with Gasteiger partial charge in [-0.2, -0.15) is 0 Å². The Balaban J connectivity index is 1.43. The number of carbonyl (C=O) groups excluding carboxylic acids is 2. The third kappa shape index (κ3) is 6.39. The summed E-state index contributed by atoms with van der Waals surface area (Å²) in [6.07, 6.45) is 3.39. The Kier molecular flexibility index (Phi) is 8.10. The number of rotatable bonds is 7. The van der Waals surface area contributed by atoms with E-state index >= 15 is 0 Å². The van der Waals surface area contributed by atoms with Crippen LogP contribution < -0.4 is 16.0 Å². The SMILES string of the molecule is CC[C@@H](C)NC(=O)C#Cc1ccc2c(c1)NC(=O)C2=C(Nc1ccc(CN2CCCC2)cc1)c1ccccc1. The number of hydrogen-bond donors (Lipinski definition) is 3. The van der Waals surface area contributed by atoms with E-state index in [0.29, 0.717) is 16.8 Å². The van der Waals surface area contributed by atoms with Crippen LogP contribution in [0.4, 0.5) is 11.4 Å². The second kappa shape index (κ2) is 12.0. The van der Waals surface area contributed by atoms with Crippen molar-refractivity contribution in [2.24, 2.45) is 0 Å². The van der Waals surface area contributed by atoms with Crippen molar-refractivity contribution in [2.75, 3.05) is 23.7 Å². The van der Waals surface area contributed by atoms with Gasteiger partial charge in [-0.3, -0.25) is 14.5 Å². The van der Waals surface area contributed by atoms with E-state index in [1.807, 2.05) is 62.4 Å². The van der Waals surface area contributed by atoms with Crippen molar-refractivity contribution >= 4 is 34.5 Å². The number of hydrogen-bond acceptors (Lipinski definition) is 4. The van der Waals surface area contributed by atoms with Crippen LogP contribution in [0.5, 0.6) is 0 Å². The fourth-order valence-electron chi connectivity index (χ4n) is 4.91. The van der Waals surface area contributed by atoms with E-state index in [1.165, 1.54) is 18.4 Å². The number of carbonyl (C=O) groups is 2. The van der Waals surface area contributed by atoms with Crippen LogP contribution in [-0.2, 0) is 16.1 Å². The molecule has 1 saturated heterocycles. The van der Waals surface area contributed by atoms with Crippen molar-refractivity contribution in [3.63, 3.8) is 0 Å². The highest BCUT2D eigenvalue weighted by Gasteiger charge is 2.28. The molecule has 2 heterocycles. The lowest BCUT2D eigenvalue weighted by molar-refractivity contribution is -0.116. The highest BCUT2D eigenvalue weighted by atomic mass is 16.2. The molecule has 0 bridgehead atoms. The molecule has 1 atom stereocenters. The maximum Gasteiger partial charge on any atom is 0.296 e. The molecule has 5 rings (SSSR count). The predicted molar refractivity (Wildman–Crippen MR) is 158 cm³/mol. The summed E-state index contributed by atoms with van der Waals surface area (Å²) in [4.78, 5) is 27.9. The highest BCUT2D eigenvalue weighted by molar-refractivity contribution is 6.37. The van der Waals surface area contributed by atoms with E-state index in [-0.39, 0.29) is 17.9 Å². The minimum Gasteiger partial charge on any atom is -0.354 e. The van der Waals surface area contributed by atoms with Crippen molar-refractivity contribution in [1.82, 2.24) is 10.2 Å². The molecule has 3 N–H and O–H groups in total. The van der Waals surface area contributed by atoms with Crippen LogP contribution in [0.25, 0.3) is 11.3 Å². The molecule has 3 aromatic rings. The lowest BCUT2D eigenvalue weighted by atomic mass is 9.99. The third-order valence-electron chi connectivity index (χ3n) is 7.22. The average Bonchev–Trinajstić information content (AvgIpc) is 3.58. The van der Waals surface area contributed by atoms with Gasteiger partial charge < -0.3 is 16.0 Å². The number of nitrogens with one attached hydrogen (secondary N) is 3. The molecule has 0 aromatic heterocycles. The maximum absolute atomic E-state index is 13.3. The van der Waals surface area contributed by atoms with E-state index in [2.05, 4.69) is 57.0 Å². The van der Waals surface area contributed by atoms with Gasteiger partial charge in [0.15, 0.2) is 0 Å². The highest BCUT2D eigenvalue weighted by Crippen LogP contribution is 2.38. The molecular formula is C33H34N4O2. The Hall–Kier alpha value is -4.34. The van der Waals surface area contributed by atoms with Gasteiger partial charge in [0.05, 0.1) is 17.0 Å². The summed E-state index contributed by atoms with van der Waals surface area (Å²) >= 11 is 0. The van der Waals surface area contributed by atoms with Gasteiger partial charge in [-0.1, -0.05) is 61.4 Å². The monoisotopic (exact) mass is 518 g/mol. The van der Waals surface area contributed by atoms with Crippen LogP contribution in [0.3, 0.4) is 0 Å². The molecule has 1 fully saturated rings. The van der Waals surface area contributed by atoms with E-state index in [0.717, 1.165) is 48.6 Å². The molecule has 6 heteroatoms. The standard InChI is InChI=1S/C33H34N4O2/c1-3-23(2)34-30(38)18-14-24-13-17-28-29(21-24)36-33(39)31(28)32(26-9-5-4-6-10-26)35-27-15-11-25(12-16-27)22-37-19-7-8-20-37/h4-6,9-13,15-17,21,23,35H,3,7-8,19-20,22H2,1-2H3,(H,34,38)(H,36,39)/t23-/m1/s1. The van der Waals surface area contributed by atoms with Crippen LogP contribution >= 0.6 is 0 Å². The minimum absolute atomic E-state index is 0.0731. The summed E-state index contributed by atoms with van der Waals surface area (Å²) < 4.78 is 0. The van der Waals surface area contributed by atoms with Gasteiger partial charge in [0, 0.05) is 35.3 Å². The van der Waals surface area contributed by atoms with Crippen molar-refractivity contribution in [2.45, 2.75) is 45.7 Å². The van der Waals surface area contributed by atoms with Crippen LogP contribution in [0.15, 0.2) is 72.8 Å². The minimum atomic E-state index is -0.309. The molecule has 0 saturated carbocycles. The van der Waals surface area contributed by atoms with E-state index in [9.17, 15) is 9.59 Å². The first-order valence-corrected chi connectivity index (χ1v) is 13.7. The molecule has 0 aliphatic carbocycles. The van der Waals surface area contributed by atoms with Gasteiger partial charge in [0.1, 0.15) is 0 Å². The summed E-state index contributed by atoms with van der Waals surface area (Å²) in [5, 5.41) is 9.37. The molecule has 0 radical (unpaired) electrons. The number of likely N-dealkylation sites (tertiary alicyclic amines) is 1. The number of anilines is 2. The summed E-state index contributed by atoms with van der Waals surface area (Å²) in [6, 6.07) is 24.0. The zero-order valence-electron chi connectivity index (χ0n) is 22.5. The maximum atomic E-state index is 13.3. The molecule has 198 valence electrons. The molecule has 3 aromatic carbocycles. The predicted octanol–water partition coefficient (Wildman–Crippen LogP) is 5.48. The Morgan fingerprint density at radius 2 is 1.77 bits per heavy atom. The van der Waals surface area contributed by atoms with E-state index < -0.39 is 0 Å². The van der Waals surface area contributed by atoms with Crippen molar-refractivity contribution in [3.05, 3.63) is 95.1 Å².